The van der Waals surface area contributed by atoms with Gasteiger partial charge in [-0.25, -0.2) is 0 Å². The summed E-state index contributed by atoms with van der Waals surface area (Å²) in [5.74, 6) is 0.719. The number of methoxy groups -OCH3 is 1. The number of para-hydroxylation sites is 1. The normalized spacial score (nSPS) is 14.2. The van der Waals surface area contributed by atoms with Crippen LogP contribution in [0.25, 0.3) is 0 Å². The van der Waals surface area contributed by atoms with Crippen molar-refractivity contribution in [2.24, 2.45) is 4.99 Å². The lowest BCUT2D eigenvalue weighted by Gasteiger charge is -2.22. The number of hydrogen-bond acceptors (Lipinski definition) is 3. The molecule has 22 heavy (non-hydrogen) atoms. The Morgan fingerprint density at radius 2 is 1.91 bits per heavy atom. The molecule has 0 aromatic heterocycles. The summed E-state index contributed by atoms with van der Waals surface area (Å²) in [5, 5.41) is 0.376. The average molecular weight is 315 g/mol. The molecule has 5 heteroatoms. The van der Waals surface area contributed by atoms with E-state index in [-0.39, 0.29) is 12.5 Å². The number of halogens is 1. The van der Waals surface area contributed by atoms with Crippen LogP contribution in [-0.2, 0) is 11.3 Å². The summed E-state index contributed by atoms with van der Waals surface area (Å²) in [6.45, 7) is 0.531. The third kappa shape index (κ3) is 2.83. The van der Waals surface area contributed by atoms with Crippen LogP contribution in [0, 0.1) is 0 Å². The number of nitrogens with zero attached hydrogens (tertiary/aromatic N) is 2. The number of carbonyl (C=O) groups excluding carboxylic acids is 1. The first kappa shape index (κ1) is 14.6. The number of aliphatic imine (C=N–C) groups is 1. The molecule has 2 aromatic carbocycles. The first-order valence-electron chi connectivity index (χ1n) is 6.91. The van der Waals surface area contributed by atoms with Crippen LogP contribution in [0.1, 0.15) is 11.1 Å². The van der Waals surface area contributed by atoms with Crippen LogP contribution in [0.4, 0.5) is 5.69 Å². The lowest BCUT2D eigenvalue weighted by Crippen LogP contribution is -2.31. The third-order valence-corrected chi connectivity index (χ3v) is 3.89. The van der Waals surface area contributed by atoms with E-state index in [0.717, 1.165) is 22.6 Å². The van der Waals surface area contributed by atoms with E-state index in [9.17, 15) is 4.79 Å². The van der Waals surface area contributed by atoms with Crippen molar-refractivity contribution in [1.29, 1.82) is 0 Å². The number of benzene rings is 2. The van der Waals surface area contributed by atoms with Gasteiger partial charge in [0.05, 0.1) is 19.3 Å². The molecule has 0 spiro atoms. The molecule has 0 aliphatic carbocycles. The van der Waals surface area contributed by atoms with Gasteiger partial charge in [0.2, 0.25) is 5.91 Å². The molecule has 112 valence electrons. The maximum Gasteiger partial charge on any atom is 0.249 e. The van der Waals surface area contributed by atoms with Crippen LogP contribution in [0.5, 0.6) is 5.75 Å². The molecule has 0 atom stereocenters. The highest BCUT2D eigenvalue weighted by Crippen LogP contribution is 2.27. The second-order valence-corrected chi connectivity index (χ2v) is 5.31. The van der Waals surface area contributed by atoms with E-state index in [1.165, 1.54) is 0 Å². The summed E-state index contributed by atoms with van der Waals surface area (Å²) in [4.78, 5) is 18.2. The van der Waals surface area contributed by atoms with E-state index in [4.69, 9.17) is 16.3 Å². The predicted octanol–water partition coefficient (Wildman–Crippen LogP) is 3.23. The van der Waals surface area contributed by atoms with Crippen molar-refractivity contribution >= 4 is 28.4 Å². The molecule has 1 aliphatic rings. The van der Waals surface area contributed by atoms with E-state index in [2.05, 4.69) is 4.99 Å². The molecular weight excluding hydrogens is 300 g/mol. The van der Waals surface area contributed by atoms with Gasteiger partial charge >= 0.3 is 0 Å². The second-order valence-electron chi connectivity index (χ2n) is 4.95. The molecule has 0 unspecified atom stereocenters. The standard InChI is InChI=1S/C17H15ClN2O2/c1-22-13-8-6-12(7-9-13)11-20-15-5-3-2-4-14(15)17(18)19-10-16(20)21/h2-9H,10-11H2,1H3. The Morgan fingerprint density at radius 1 is 1.18 bits per heavy atom. The van der Waals surface area contributed by atoms with Gasteiger partial charge in [-0.1, -0.05) is 35.9 Å². The first-order chi connectivity index (χ1) is 10.7. The quantitative estimate of drug-likeness (QED) is 0.873. The maximum atomic E-state index is 12.4. The number of ether oxygens (including phenoxy) is 1. The lowest BCUT2D eigenvalue weighted by molar-refractivity contribution is -0.117. The van der Waals surface area contributed by atoms with Gasteiger partial charge in [0, 0.05) is 5.56 Å². The number of fused-ring (bicyclic) bond motifs is 1. The van der Waals surface area contributed by atoms with E-state index < -0.39 is 0 Å². The zero-order valence-electron chi connectivity index (χ0n) is 12.1. The van der Waals surface area contributed by atoms with Gasteiger partial charge < -0.3 is 9.64 Å². The Balaban J connectivity index is 1.95. The van der Waals surface area contributed by atoms with Gasteiger partial charge in [-0.05, 0) is 29.8 Å². The van der Waals surface area contributed by atoms with E-state index >= 15 is 0 Å². The Labute approximate surface area is 134 Å². The average Bonchev–Trinajstić information content (AvgIpc) is 2.68. The van der Waals surface area contributed by atoms with E-state index in [1.54, 1.807) is 12.0 Å². The smallest absolute Gasteiger partial charge is 0.249 e. The van der Waals surface area contributed by atoms with Crippen molar-refractivity contribution in [2.75, 3.05) is 18.6 Å². The predicted molar refractivity (Wildman–Crippen MR) is 87.9 cm³/mol. The maximum absolute atomic E-state index is 12.4. The largest absolute Gasteiger partial charge is 0.497 e. The summed E-state index contributed by atoms with van der Waals surface area (Å²) in [5.41, 5.74) is 2.58. The Hall–Kier alpha value is -2.33. The van der Waals surface area contributed by atoms with E-state index in [0.29, 0.717) is 11.7 Å². The minimum atomic E-state index is -0.0704. The molecule has 1 aliphatic heterocycles. The molecule has 0 fully saturated rings. The van der Waals surface area contributed by atoms with Gasteiger partial charge in [-0.2, -0.15) is 0 Å². The summed E-state index contributed by atoms with van der Waals surface area (Å²) in [6, 6.07) is 15.2. The Morgan fingerprint density at radius 3 is 2.64 bits per heavy atom. The van der Waals surface area contributed by atoms with Crippen LogP contribution in [0.15, 0.2) is 53.5 Å². The summed E-state index contributed by atoms with van der Waals surface area (Å²) in [7, 11) is 1.63. The van der Waals surface area contributed by atoms with Crippen LogP contribution in [0.3, 0.4) is 0 Å². The summed E-state index contributed by atoms with van der Waals surface area (Å²) >= 11 is 6.18. The number of benzodiazepines with no additional fused rings is 1. The fraction of sp³-hybridized carbons (Fsp3) is 0.176. The highest BCUT2D eigenvalue weighted by atomic mass is 35.5. The third-order valence-electron chi connectivity index (χ3n) is 3.57. The van der Waals surface area contributed by atoms with Crippen molar-refractivity contribution in [1.82, 2.24) is 0 Å². The molecule has 0 saturated heterocycles. The van der Waals surface area contributed by atoms with Gasteiger partial charge in [0.15, 0.2) is 0 Å². The zero-order chi connectivity index (χ0) is 15.5. The van der Waals surface area contributed by atoms with Crippen LogP contribution in [-0.4, -0.2) is 24.7 Å². The Bertz CT molecular complexity index is 726. The van der Waals surface area contributed by atoms with Crippen molar-refractivity contribution in [3.63, 3.8) is 0 Å². The highest BCUT2D eigenvalue weighted by molar-refractivity contribution is 6.70. The minimum Gasteiger partial charge on any atom is -0.497 e. The van der Waals surface area contributed by atoms with Crippen LogP contribution < -0.4 is 9.64 Å². The number of anilines is 1. The number of rotatable bonds is 3. The van der Waals surface area contributed by atoms with Crippen molar-refractivity contribution < 1.29 is 9.53 Å². The van der Waals surface area contributed by atoms with Gasteiger partial charge in [0.1, 0.15) is 17.5 Å². The number of carbonyl (C=O) groups is 1. The molecule has 1 heterocycles. The molecule has 1 amide bonds. The van der Waals surface area contributed by atoms with Gasteiger partial charge in [-0.3, -0.25) is 9.79 Å². The molecule has 0 bridgehead atoms. The van der Waals surface area contributed by atoms with Crippen molar-refractivity contribution in [3.05, 3.63) is 59.7 Å². The van der Waals surface area contributed by atoms with E-state index in [1.807, 2.05) is 48.5 Å². The highest BCUT2D eigenvalue weighted by Gasteiger charge is 2.23. The fourth-order valence-electron chi connectivity index (χ4n) is 2.41. The minimum absolute atomic E-state index is 0.0592. The fourth-order valence-corrected chi connectivity index (χ4v) is 2.63. The number of hydrogen-bond donors (Lipinski definition) is 0. The molecule has 0 saturated carbocycles. The second kappa shape index (κ2) is 6.20. The summed E-state index contributed by atoms with van der Waals surface area (Å²) in [6.07, 6.45) is 0. The molecular formula is C17H15ClN2O2. The van der Waals surface area contributed by atoms with Gasteiger partial charge in [-0.15, -0.1) is 0 Å². The molecule has 2 aromatic rings. The molecule has 3 rings (SSSR count). The topological polar surface area (TPSA) is 41.9 Å². The van der Waals surface area contributed by atoms with Crippen LogP contribution >= 0.6 is 11.6 Å². The number of amides is 1. The molecule has 0 N–H and O–H groups in total. The lowest BCUT2D eigenvalue weighted by atomic mass is 10.1. The van der Waals surface area contributed by atoms with Crippen LogP contribution in [0.2, 0.25) is 0 Å². The molecule has 4 nitrogen and oxygen atoms in total. The Kier molecular flexibility index (Phi) is 4.11. The van der Waals surface area contributed by atoms with Crippen molar-refractivity contribution in [2.45, 2.75) is 6.54 Å². The monoisotopic (exact) mass is 314 g/mol. The first-order valence-corrected chi connectivity index (χ1v) is 7.29. The van der Waals surface area contributed by atoms with Gasteiger partial charge in [0.25, 0.3) is 0 Å². The van der Waals surface area contributed by atoms with Crippen molar-refractivity contribution in [3.8, 4) is 5.75 Å². The summed E-state index contributed by atoms with van der Waals surface area (Å²) < 4.78 is 5.15. The molecule has 0 radical (unpaired) electrons. The zero-order valence-corrected chi connectivity index (χ0v) is 12.9. The SMILES string of the molecule is COc1ccc(CN2C(=O)CN=C(Cl)c3ccccc32)cc1.